The van der Waals surface area contributed by atoms with Crippen LogP contribution in [0.1, 0.15) is 46.7 Å². The molecule has 98 valence electrons. The summed E-state index contributed by atoms with van der Waals surface area (Å²) in [6.07, 6.45) is 2.92. The first-order valence-corrected chi connectivity index (χ1v) is 6.14. The molecule has 2 aromatic rings. The highest BCUT2D eigenvalue weighted by molar-refractivity contribution is 5.76. The van der Waals surface area contributed by atoms with Gasteiger partial charge in [-0.1, -0.05) is 5.16 Å². The molecule has 0 spiro atoms. The first kappa shape index (κ1) is 11.8. The van der Waals surface area contributed by atoms with Crippen LogP contribution < -0.4 is 4.74 Å². The Hall–Kier alpha value is -2.24. The van der Waals surface area contributed by atoms with Crippen LogP contribution in [-0.4, -0.2) is 21.4 Å². The Morgan fingerprint density at radius 1 is 1.42 bits per heavy atom. The van der Waals surface area contributed by atoms with Crippen LogP contribution >= 0.6 is 0 Å². The van der Waals surface area contributed by atoms with Crippen molar-refractivity contribution in [2.75, 3.05) is 0 Å². The monoisotopic (exact) mass is 259 g/mol. The SMILES string of the molecule is Cc1ccc(OCc2nc(C3CC3)no2)c(C=O)n1. The Kier molecular flexibility index (Phi) is 2.98. The van der Waals surface area contributed by atoms with Gasteiger partial charge in [0.25, 0.3) is 5.89 Å². The van der Waals surface area contributed by atoms with Crippen molar-refractivity contribution in [3.63, 3.8) is 0 Å². The summed E-state index contributed by atoms with van der Waals surface area (Å²) >= 11 is 0. The molecule has 0 radical (unpaired) electrons. The number of carbonyl (C=O) groups excluding carboxylic acids is 1. The fourth-order valence-electron chi connectivity index (χ4n) is 1.74. The van der Waals surface area contributed by atoms with Gasteiger partial charge in [0.2, 0.25) is 0 Å². The van der Waals surface area contributed by atoms with Crippen molar-refractivity contribution in [3.05, 3.63) is 35.2 Å². The van der Waals surface area contributed by atoms with Crippen molar-refractivity contribution in [2.24, 2.45) is 0 Å². The first-order chi connectivity index (χ1) is 9.26. The number of hydrogen-bond donors (Lipinski definition) is 0. The van der Waals surface area contributed by atoms with E-state index in [1.54, 1.807) is 12.1 Å². The maximum absolute atomic E-state index is 10.9. The molecule has 0 saturated heterocycles. The van der Waals surface area contributed by atoms with E-state index in [0.717, 1.165) is 24.4 Å². The molecule has 6 heteroatoms. The number of pyridine rings is 1. The molecule has 2 aromatic heterocycles. The van der Waals surface area contributed by atoms with E-state index in [2.05, 4.69) is 15.1 Å². The first-order valence-electron chi connectivity index (χ1n) is 6.14. The summed E-state index contributed by atoms with van der Waals surface area (Å²) in [6.45, 7) is 1.96. The molecule has 1 aliphatic carbocycles. The normalized spacial score (nSPS) is 14.4. The molecule has 2 heterocycles. The molecule has 1 aliphatic rings. The second kappa shape index (κ2) is 4.79. The highest BCUT2D eigenvalue weighted by Crippen LogP contribution is 2.38. The Bertz CT molecular complexity index is 605. The van der Waals surface area contributed by atoms with Gasteiger partial charge in [-0.15, -0.1) is 0 Å². The van der Waals surface area contributed by atoms with Crippen LogP contribution in [0.4, 0.5) is 0 Å². The van der Waals surface area contributed by atoms with E-state index >= 15 is 0 Å². The molecule has 0 bridgehead atoms. The van der Waals surface area contributed by atoms with Gasteiger partial charge < -0.3 is 9.26 Å². The van der Waals surface area contributed by atoms with Crippen molar-refractivity contribution in [3.8, 4) is 5.75 Å². The number of aldehydes is 1. The molecule has 0 N–H and O–H groups in total. The van der Waals surface area contributed by atoms with E-state index in [-0.39, 0.29) is 12.3 Å². The smallest absolute Gasteiger partial charge is 0.264 e. The van der Waals surface area contributed by atoms with Crippen molar-refractivity contribution >= 4 is 6.29 Å². The number of ether oxygens (including phenoxy) is 1. The van der Waals surface area contributed by atoms with Crippen LogP contribution in [0.2, 0.25) is 0 Å². The topological polar surface area (TPSA) is 78.1 Å². The van der Waals surface area contributed by atoms with Crippen LogP contribution in [0.15, 0.2) is 16.7 Å². The number of aromatic nitrogens is 3. The van der Waals surface area contributed by atoms with Gasteiger partial charge in [-0.25, -0.2) is 4.98 Å². The van der Waals surface area contributed by atoms with E-state index in [1.165, 1.54) is 0 Å². The molecular weight excluding hydrogens is 246 g/mol. The van der Waals surface area contributed by atoms with E-state index in [9.17, 15) is 4.79 Å². The minimum atomic E-state index is 0.144. The van der Waals surface area contributed by atoms with Gasteiger partial charge in [-0.05, 0) is 31.9 Å². The van der Waals surface area contributed by atoms with Gasteiger partial charge in [-0.2, -0.15) is 4.98 Å². The van der Waals surface area contributed by atoms with E-state index in [0.29, 0.717) is 23.8 Å². The minimum Gasteiger partial charge on any atom is -0.481 e. The van der Waals surface area contributed by atoms with Gasteiger partial charge in [0.15, 0.2) is 18.7 Å². The molecule has 1 saturated carbocycles. The lowest BCUT2D eigenvalue weighted by Crippen LogP contribution is -2.01. The Morgan fingerprint density at radius 2 is 2.26 bits per heavy atom. The lowest BCUT2D eigenvalue weighted by atomic mass is 10.3. The predicted molar refractivity (Wildman–Crippen MR) is 65.0 cm³/mol. The van der Waals surface area contributed by atoms with E-state index in [4.69, 9.17) is 9.26 Å². The Labute approximate surface area is 109 Å². The molecule has 0 amide bonds. The quantitative estimate of drug-likeness (QED) is 0.764. The molecule has 1 fully saturated rings. The average molecular weight is 259 g/mol. The van der Waals surface area contributed by atoms with Gasteiger partial charge in [0.1, 0.15) is 11.4 Å². The van der Waals surface area contributed by atoms with Gasteiger partial charge >= 0.3 is 0 Å². The molecule has 0 unspecified atom stereocenters. The molecule has 0 atom stereocenters. The zero-order valence-electron chi connectivity index (χ0n) is 10.5. The Balaban J connectivity index is 1.69. The third kappa shape index (κ3) is 2.62. The molecular formula is C13H13N3O3. The van der Waals surface area contributed by atoms with Crippen molar-refractivity contribution in [1.29, 1.82) is 0 Å². The third-order valence-corrected chi connectivity index (χ3v) is 2.91. The fourth-order valence-corrected chi connectivity index (χ4v) is 1.74. The number of carbonyl (C=O) groups is 1. The minimum absolute atomic E-state index is 0.144. The average Bonchev–Trinajstić information content (AvgIpc) is 3.17. The zero-order chi connectivity index (χ0) is 13.2. The summed E-state index contributed by atoms with van der Waals surface area (Å²) in [6, 6.07) is 3.50. The van der Waals surface area contributed by atoms with Gasteiger partial charge in [0, 0.05) is 11.6 Å². The largest absolute Gasteiger partial charge is 0.481 e. The molecule has 0 aliphatic heterocycles. The van der Waals surface area contributed by atoms with Crippen LogP contribution in [0.3, 0.4) is 0 Å². The maximum atomic E-state index is 10.9. The number of hydrogen-bond acceptors (Lipinski definition) is 6. The van der Waals surface area contributed by atoms with Crippen LogP contribution in [-0.2, 0) is 6.61 Å². The maximum Gasteiger partial charge on any atom is 0.264 e. The van der Waals surface area contributed by atoms with Gasteiger partial charge in [-0.3, -0.25) is 4.79 Å². The fraction of sp³-hybridized carbons (Fsp3) is 0.385. The van der Waals surface area contributed by atoms with Crippen LogP contribution in [0.5, 0.6) is 5.75 Å². The second-order valence-electron chi connectivity index (χ2n) is 4.56. The highest BCUT2D eigenvalue weighted by atomic mass is 16.5. The lowest BCUT2D eigenvalue weighted by Gasteiger charge is -2.05. The highest BCUT2D eigenvalue weighted by Gasteiger charge is 2.28. The number of aryl methyl sites for hydroxylation is 1. The second-order valence-corrected chi connectivity index (χ2v) is 4.56. The molecule has 6 nitrogen and oxygen atoms in total. The van der Waals surface area contributed by atoms with Crippen molar-refractivity contribution < 1.29 is 14.1 Å². The zero-order valence-corrected chi connectivity index (χ0v) is 10.5. The summed E-state index contributed by atoms with van der Waals surface area (Å²) in [4.78, 5) is 19.2. The third-order valence-electron chi connectivity index (χ3n) is 2.91. The van der Waals surface area contributed by atoms with E-state index < -0.39 is 0 Å². The standard InChI is InChI=1S/C13H13N3O3/c1-8-2-5-11(10(6-17)14-8)18-7-12-15-13(16-19-12)9-3-4-9/h2,5-6,9H,3-4,7H2,1H3. The predicted octanol–water partition coefficient (Wildman–Crippen LogP) is 2.04. The van der Waals surface area contributed by atoms with Crippen molar-refractivity contribution in [2.45, 2.75) is 32.3 Å². The summed E-state index contributed by atoms with van der Waals surface area (Å²) in [5, 5.41) is 3.90. The van der Waals surface area contributed by atoms with Crippen molar-refractivity contribution in [1.82, 2.24) is 15.1 Å². The Morgan fingerprint density at radius 3 is 3.00 bits per heavy atom. The van der Waals surface area contributed by atoms with Crippen LogP contribution in [0.25, 0.3) is 0 Å². The summed E-state index contributed by atoms with van der Waals surface area (Å²) in [5.41, 5.74) is 1.05. The summed E-state index contributed by atoms with van der Waals surface area (Å²) < 4.78 is 10.6. The lowest BCUT2D eigenvalue weighted by molar-refractivity contribution is 0.111. The summed E-state index contributed by atoms with van der Waals surface area (Å²) in [5.74, 6) is 2.03. The number of rotatable bonds is 5. The molecule has 0 aromatic carbocycles. The van der Waals surface area contributed by atoms with E-state index in [1.807, 2.05) is 6.92 Å². The molecule has 3 rings (SSSR count). The summed E-state index contributed by atoms with van der Waals surface area (Å²) in [7, 11) is 0. The van der Waals surface area contributed by atoms with Gasteiger partial charge in [0.05, 0.1) is 0 Å². The van der Waals surface area contributed by atoms with Crippen LogP contribution in [0, 0.1) is 6.92 Å². The number of nitrogens with zero attached hydrogens (tertiary/aromatic N) is 3. The molecule has 19 heavy (non-hydrogen) atoms.